The summed E-state index contributed by atoms with van der Waals surface area (Å²) in [6, 6.07) is 24.6. The molecule has 0 saturated heterocycles. The van der Waals surface area contributed by atoms with Crippen molar-refractivity contribution in [3.63, 3.8) is 0 Å². The Balaban J connectivity index is 0.00000253. The average molecular weight is 501 g/mol. The van der Waals surface area contributed by atoms with Crippen LogP contribution in [0.2, 0.25) is 0 Å². The van der Waals surface area contributed by atoms with Crippen molar-refractivity contribution in [3.05, 3.63) is 89.2 Å². The maximum absolute atomic E-state index is 6.17. The summed E-state index contributed by atoms with van der Waals surface area (Å²) in [6.45, 7) is 8.68. The standard InChI is InChI=1S/C31H26N2O.Ni/c1-5-24-18(3)28-14-20-13-21(27-10-8-7-9-26(20)27)15-29-19(4)25(6-2)31(33-29)17-23-12-11-22(34-23)16-30(24)32-28;/h7-12,14-17H,5-6H2,1-4H3;/q-2;+2. The molecule has 35 heavy (non-hydrogen) atoms. The number of aryl methyl sites for hydroxylation is 2. The van der Waals surface area contributed by atoms with E-state index in [4.69, 9.17) is 14.4 Å². The van der Waals surface area contributed by atoms with Crippen molar-refractivity contribution in [2.24, 2.45) is 0 Å². The second-order valence-corrected chi connectivity index (χ2v) is 8.99. The first kappa shape index (κ1) is 23.4. The van der Waals surface area contributed by atoms with Gasteiger partial charge in [-0.1, -0.05) is 55.3 Å². The van der Waals surface area contributed by atoms with Gasteiger partial charge >= 0.3 is 16.5 Å². The molecule has 4 heteroatoms. The molecule has 1 aliphatic heterocycles. The molecule has 4 aromatic rings. The maximum Gasteiger partial charge on any atom is 2.00 e. The van der Waals surface area contributed by atoms with Crippen LogP contribution in [0.1, 0.15) is 49.7 Å². The van der Waals surface area contributed by atoms with E-state index in [9.17, 15) is 0 Å². The zero-order valence-electron chi connectivity index (χ0n) is 20.3. The summed E-state index contributed by atoms with van der Waals surface area (Å²) in [7, 11) is 0. The third-order valence-electron chi connectivity index (χ3n) is 7.03. The molecular formula is C31H26N2NiO. The first-order valence-electron chi connectivity index (χ1n) is 12.0. The molecule has 0 N–H and O–H groups in total. The molecule has 3 aromatic heterocycles. The molecule has 2 aliphatic rings. The number of nitrogens with zero attached hydrogens (tertiary/aromatic N) is 2. The Morgan fingerprint density at radius 2 is 1.49 bits per heavy atom. The van der Waals surface area contributed by atoms with Crippen molar-refractivity contribution in [1.29, 1.82) is 0 Å². The number of rotatable bonds is 2. The predicted octanol–water partition coefficient (Wildman–Crippen LogP) is 8.16. The molecular weight excluding hydrogens is 475 g/mol. The van der Waals surface area contributed by atoms with Gasteiger partial charge in [0, 0.05) is 11.8 Å². The molecule has 0 radical (unpaired) electrons. The van der Waals surface area contributed by atoms with Gasteiger partial charge in [0.1, 0.15) is 11.2 Å². The molecule has 1 aromatic carbocycles. The van der Waals surface area contributed by atoms with Crippen LogP contribution in [0.5, 0.6) is 0 Å². The minimum Gasteiger partial charge on any atom is -0.664 e. The van der Waals surface area contributed by atoms with Crippen molar-refractivity contribution < 1.29 is 20.9 Å². The number of hydrogen-bond acceptors (Lipinski definition) is 2. The molecule has 0 spiro atoms. The zero-order valence-corrected chi connectivity index (χ0v) is 21.3. The molecule has 0 unspecified atom stereocenters. The van der Waals surface area contributed by atoms with Crippen LogP contribution >= 0.6 is 0 Å². The van der Waals surface area contributed by atoms with Gasteiger partial charge in [-0.3, -0.25) is 4.98 Å². The smallest absolute Gasteiger partial charge is 0.664 e. The van der Waals surface area contributed by atoms with E-state index < -0.39 is 0 Å². The van der Waals surface area contributed by atoms with E-state index in [1.807, 2.05) is 24.3 Å². The first-order valence-corrected chi connectivity index (χ1v) is 12.0. The Bertz CT molecular complexity index is 1650. The summed E-state index contributed by atoms with van der Waals surface area (Å²) in [5.74, 6) is 0. The Labute approximate surface area is 215 Å². The van der Waals surface area contributed by atoms with E-state index >= 15 is 0 Å². The fourth-order valence-electron chi connectivity index (χ4n) is 5.19. The van der Waals surface area contributed by atoms with E-state index in [0.717, 1.165) is 57.6 Å². The minimum atomic E-state index is 0. The van der Waals surface area contributed by atoms with Gasteiger partial charge in [-0.2, -0.15) is 5.52 Å². The van der Waals surface area contributed by atoms with Crippen molar-refractivity contribution in [2.45, 2.75) is 40.5 Å². The fourth-order valence-corrected chi connectivity index (χ4v) is 5.19. The van der Waals surface area contributed by atoms with Crippen LogP contribution in [0.4, 0.5) is 0 Å². The van der Waals surface area contributed by atoms with Gasteiger partial charge in [0.25, 0.3) is 0 Å². The summed E-state index contributed by atoms with van der Waals surface area (Å²) in [4.78, 5) is 10.0. The molecule has 0 saturated carbocycles. The van der Waals surface area contributed by atoms with Gasteiger partial charge in [0.2, 0.25) is 0 Å². The summed E-state index contributed by atoms with van der Waals surface area (Å²) in [5, 5.41) is 0. The number of allylic oxidation sites excluding steroid dienone is 2. The Kier molecular flexibility index (Phi) is 6.03. The van der Waals surface area contributed by atoms with Crippen LogP contribution in [0.25, 0.3) is 55.6 Å². The van der Waals surface area contributed by atoms with Crippen LogP contribution in [-0.4, -0.2) is 4.98 Å². The third-order valence-corrected chi connectivity index (χ3v) is 7.03. The molecule has 6 rings (SSSR count). The molecule has 0 amide bonds. The molecule has 0 atom stereocenters. The Hall–Kier alpha value is -3.36. The monoisotopic (exact) mass is 500 g/mol. The normalized spacial score (nSPS) is 12.5. The third kappa shape index (κ3) is 3.87. The van der Waals surface area contributed by atoms with E-state index in [2.05, 4.69) is 70.2 Å². The van der Waals surface area contributed by atoms with Crippen LogP contribution in [0.3, 0.4) is 0 Å². The zero-order chi connectivity index (χ0) is 23.4. The van der Waals surface area contributed by atoms with Gasteiger partial charge < -0.3 is 9.40 Å². The Morgan fingerprint density at radius 1 is 0.800 bits per heavy atom. The van der Waals surface area contributed by atoms with E-state index in [0.29, 0.717) is 0 Å². The van der Waals surface area contributed by atoms with Crippen molar-refractivity contribution in [1.82, 2.24) is 9.97 Å². The maximum atomic E-state index is 6.17. The topological polar surface area (TPSA) is 40.1 Å². The first-order chi connectivity index (χ1) is 16.6. The SMILES string of the molecule is CCC1=C(C)c2cc3[c-]c(cc4[n-]c(cc5ccc(cc1n2)o5)c(CC)c4C)-c1ccccc1-3.[Ni+2]. The molecule has 0 fully saturated rings. The number of furan rings is 1. The van der Waals surface area contributed by atoms with Crippen LogP contribution in [0, 0.1) is 13.0 Å². The van der Waals surface area contributed by atoms with Gasteiger partial charge in [-0.05, 0) is 56.0 Å². The van der Waals surface area contributed by atoms with Crippen LogP contribution in [0.15, 0.2) is 65.1 Å². The van der Waals surface area contributed by atoms with Crippen LogP contribution in [-0.2, 0) is 22.9 Å². The summed E-state index contributed by atoms with van der Waals surface area (Å²) in [6.07, 6.45) is 1.84. The number of aromatic nitrogens is 2. The molecule has 4 heterocycles. The molecule has 1 aliphatic carbocycles. The second-order valence-electron chi connectivity index (χ2n) is 8.99. The number of hydrogen-bond donors (Lipinski definition) is 0. The van der Waals surface area contributed by atoms with Crippen molar-refractivity contribution in [2.75, 3.05) is 0 Å². The summed E-state index contributed by atoms with van der Waals surface area (Å²) >= 11 is 0. The van der Waals surface area contributed by atoms with Gasteiger partial charge in [-0.15, -0.1) is 39.9 Å². The molecule has 3 nitrogen and oxygen atoms in total. The fraction of sp³-hybridized carbons (Fsp3) is 0.194. The molecule has 176 valence electrons. The predicted molar refractivity (Wildman–Crippen MR) is 140 cm³/mol. The minimum absolute atomic E-state index is 0. The largest absolute Gasteiger partial charge is 2.00 e. The number of benzene rings is 1. The van der Waals surface area contributed by atoms with Crippen LogP contribution < -0.4 is 4.98 Å². The van der Waals surface area contributed by atoms with E-state index in [-0.39, 0.29) is 16.5 Å². The van der Waals surface area contributed by atoms with Crippen molar-refractivity contribution in [3.8, 4) is 22.3 Å². The van der Waals surface area contributed by atoms with E-state index in [1.165, 1.54) is 33.4 Å². The van der Waals surface area contributed by atoms with Gasteiger partial charge in [-0.25, -0.2) is 0 Å². The summed E-state index contributed by atoms with van der Waals surface area (Å²) < 4.78 is 6.17. The van der Waals surface area contributed by atoms with E-state index in [1.54, 1.807) is 0 Å². The summed E-state index contributed by atoms with van der Waals surface area (Å²) in [5.41, 5.74) is 15.0. The van der Waals surface area contributed by atoms with Gasteiger partial charge in [0.15, 0.2) is 0 Å². The van der Waals surface area contributed by atoms with Crippen molar-refractivity contribution >= 4 is 33.3 Å². The molecule has 8 bridgehead atoms. The second kappa shape index (κ2) is 9.02. The number of fused-ring (bicyclic) bond motifs is 11. The van der Waals surface area contributed by atoms with Gasteiger partial charge in [0.05, 0.1) is 5.69 Å². The quantitative estimate of drug-likeness (QED) is 0.181. The Morgan fingerprint density at radius 3 is 2.17 bits per heavy atom. The average Bonchev–Trinajstić information content (AvgIpc) is 3.56.